The molecule has 0 rings (SSSR count). The molecule has 0 amide bonds. The summed E-state index contributed by atoms with van der Waals surface area (Å²) in [5, 5.41) is 10.6. The Balaban J connectivity index is 5.24. The minimum absolute atomic E-state index is 0.106. The number of phosphoric acid groups is 2. The van der Waals surface area contributed by atoms with Crippen LogP contribution < -0.4 is 0 Å². The van der Waals surface area contributed by atoms with E-state index in [1.807, 2.05) is 0 Å². The molecule has 0 aliphatic carbocycles. The first-order valence-electron chi connectivity index (χ1n) is 37.5. The molecule has 0 saturated heterocycles. The van der Waals surface area contributed by atoms with Gasteiger partial charge in [-0.2, -0.15) is 0 Å². The first kappa shape index (κ1) is 89.1. The van der Waals surface area contributed by atoms with Crippen molar-refractivity contribution in [3.8, 4) is 0 Å². The van der Waals surface area contributed by atoms with Crippen LogP contribution in [0.2, 0.25) is 0 Å². The number of carbonyl (C=O) groups is 4. The summed E-state index contributed by atoms with van der Waals surface area (Å²) in [6.07, 6.45) is 49.9. The lowest BCUT2D eigenvalue weighted by Gasteiger charge is -2.21. The van der Waals surface area contributed by atoms with Crippen LogP contribution in [0.25, 0.3) is 0 Å². The standard InChI is InChI=1S/C72H140O17P2/c1-7-9-11-13-15-17-19-20-23-27-30-36-42-48-54-69(74)82-60-67(88-72(77)57-51-45-38-32-28-24-21-22-26-29-34-40-46-52-64(3)4)62-86-90(78,79)84-58-66(73)59-85-91(80,81)87-63-68(61-83-70(75)55-49-43-39-33-35-41-47-53-65(5)6)89-71(76)56-50-44-37-31-25-18-16-14-12-10-8-2/h64-68,73H,7-63H2,1-6H3,(H,78,79)(H,80,81)/t66-,67-,68-/m1/s1. The Morgan fingerprint density at radius 2 is 0.505 bits per heavy atom. The molecule has 2 unspecified atom stereocenters. The molecule has 3 N–H and O–H groups in total. The molecule has 0 aliphatic rings. The summed E-state index contributed by atoms with van der Waals surface area (Å²) >= 11 is 0. The van der Waals surface area contributed by atoms with E-state index in [9.17, 15) is 43.2 Å². The summed E-state index contributed by atoms with van der Waals surface area (Å²) in [5.74, 6) is -0.628. The van der Waals surface area contributed by atoms with Gasteiger partial charge >= 0.3 is 39.5 Å². The van der Waals surface area contributed by atoms with E-state index in [-0.39, 0.29) is 25.7 Å². The zero-order valence-corrected chi connectivity index (χ0v) is 60.9. The van der Waals surface area contributed by atoms with Crippen LogP contribution >= 0.6 is 15.6 Å². The summed E-state index contributed by atoms with van der Waals surface area (Å²) in [6, 6.07) is 0. The number of aliphatic hydroxyl groups is 1. The van der Waals surface area contributed by atoms with Crippen molar-refractivity contribution < 1.29 is 80.2 Å². The van der Waals surface area contributed by atoms with Crippen molar-refractivity contribution in [3.05, 3.63) is 0 Å². The third-order valence-electron chi connectivity index (χ3n) is 16.7. The lowest BCUT2D eigenvalue weighted by Crippen LogP contribution is -2.30. The molecule has 0 aromatic heterocycles. The zero-order chi connectivity index (χ0) is 67.2. The molecule has 5 atom stereocenters. The van der Waals surface area contributed by atoms with Gasteiger partial charge in [0.2, 0.25) is 0 Å². The molecule has 540 valence electrons. The highest BCUT2D eigenvalue weighted by atomic mass is 31.2. The second-order valence-electron chi connectivity index (χ2n) is 26.9. The average molecular weight is 1340 g/mol. The molecule has 0 radical (unpaired) electrons. The number of hydrogen-bond acceptors (Lipinski definition) is 15. The highest BCUT2D eigenvalue weighted by Crippen LogP contribution is 2.45. The molecule has 0 aromatic rings. The Morgan fingerprint density at radius 3 is 0.747 bits per heavy atom. The molecular formula is C72H140O17P2. The first-order valence-corrected chi connectivity index (χ1v) is 40.5. The number of rotatable bonds is 71. The van der Waals surface area contributed by atoms with Gasteiger partial charge in [-0.15, -0.1) is 0 Å². The van der Waals surface area contributed by atoms with Crippen molar-refractivity contribution >= 4 is 39.5 Å². The predicted molar refractivity (Wildman–Crippen MR) is 368 cm³/mol. The van der Waals surface area contributed by atoms with E-state index in [0.29, 0.717) is 31.6 Å². The van der Waals surface area contributed by atoms with Crippen LogP contribution in [-0.4, -0.2) is 96.7 Å². The van der Waals surface area contributed by atoms with Gasteiger partial charge in [0.1, 0.15) is 19.3 Å². The van der Waals surface area contributed by atoms with Crippen LogP contribution in [0.15, 0.2) is 0 Å². The minimum Gasteiger partial charge on any atom is -0.462 e. The molecule has 17 nitrogen and oxygen atoms in total. The van der Waals surface area contributed by atoms with Crippen molar-refractivity contribution in [1.82, 2.24) is 0 Å². The monoisotopic (exact) mass is 1340 g/mol. The van der Waals surface area contributed by atoms with Crippen molar-refractivity contribution in [2.75, 3.05) is 39.6 Å². The molecule has 91 heavy (non-hydrogen) atoms. The largest absolute Gasteiger partial charge is 0.472 e. The second kappa shape index (κ2) is 64.1. The van der Waals surface area contributed by atoms with Gasteiger partial charge in [0.05, 0.1) is 26.4 Å². The maximum atomic E-state index is 13.0. The molecule has 0 saturated carbocycles. The molecule has 0 aliphatic heterocycles. The normalized spacial score (nSPS) is 14.1. The van der Waals surface area contributed by atoms with E-state index in [4.69, 9.17) is 37.0 Å². The van der Waals surface area contributed by atoms with Crippen LogP contribution in [0.5, 0.6) is 0 Å². The Morgan fingerprint density at radius 1 is 0.297 bits per heavy atom. The van der Waals surface area contributed by atoms with Crippen molar-refractivity contribution in [3.63, 3.8) is 0 Å². The minimum atomic E-state index is -4.95. The van der Waals surface area contributed by atoms with Crippen LogP contribution in [0.1, 0.15) is 369 Å². The van der Waals surface area contributed by atoms with Gasteiger partial charge in [0.15, 0.2) is 12.2 Å². The fraction of sp³-hybridized carbons (Fsp3) is 0.944. The summed E-state index contributed by atoms with van der Waals surface area (Å²) in [5.41, 5.74) is 0. The van der Waals surface area contributed by atoms with Crippen LogP contribution in [0.4, 0.5) is 0 Å². The van der Waals surface area contributed by atoms with Gasteiger partial charge in [-0.3, -0.25) is 37.3 Å². The lowest BCUT2D eigenvalue weighted by atomic mass is 10.0. The van der Waals surface area contributed by atoms with E-state index >= 15 is 0 Å². The van der Waals surface area contributed by atoms with Crippen molar-refractivity contribution in [2.24, 2.45) is 11.8 Å². The maximum absolute atomic E-state index is 13.0. The lowest BCUT2D eigenvalue weighted by molar-refractivity contribution is -0.161. The molecule has 19 heteroatoms. The van der Waals surface area contributed by atoms with E-state index in [1.54, 1.807) is 0 Å². The van der Waals surface area contributed by atoms with E-state index in [1.165, 1.54) is 180 Å². The topological polar surface area (TPSA) is 237 Å². The van der Waals surface area contributed by atoms with E-state index in [0.717, 1.165) is 102 Å². The fourth-order valence-corrected chi connectivity index (χ4v) is 12.5. The van der Waals surface area contributed by atoms with Gasteiger partial charge in [-0.05, 0) is 37.5 Å². The molecule has 0 spiro atoms. The first-order chi connectivity index (χ1) is 43.9. The summed E-state index contributed by atoms with van der Waals surface area (Å²) in [7, 11) is -9.90. The molecule has 0 heterocycles. The highest BCUT2D eigenvalue weighted by Gasteiger charge is 2.30. The van der Waals surface area contributed by atoms with Crippen molar-refractivity contribution in [1.29, 1.82) is 0 Å². The third kappa shape index (κ3) is 66.5. The fourth-order valence-electron chi connectivity index (χ4n) is 10.9. The van der Waals surface area contributed by atoms with Gasteiger partial charge in [0, 0.05) is 25.7 Å². The van der Waals surface area contributed by atoms with Crippen LogP contribution in [0.3, 0.4) is 0 Å². The Hall–Kier alpha value is -1.94. The number of ether oxygens (including phenoxy) is 4. The molecular weight excluding hydrogens is 1200 g/mol. The zero-order valence-electron chi connectivity index (χ0n) is 59.1. The van der Waals surface area contributed by atoms with Gasteiger partial charge in [-0.25, -0.2) is 9.13 Å². The number of esters is 4. The van der Waals surface area contributed by atoms with E-state index < -0.39 is 97.5 Å². The van der Waals surface area contributed by atoms with Crippen molar-refractivity contribution in [2.45, 2.75) is 387 Å². The number of phosphoric ester groups is 2. The maximum Gasteiger partial charge on any atom is 0.472 e. The van der Waals surface area contributed by atoms with Crippen LogP contribution in [0, 0.1) is 11.8 Å². The molecule has 0 fully saturated rings. The van der Waals surface area contributed by atoms with E-state index in [2.05, 4.69) is 41.5 Å². The summed E-state index contributed by atoms with van der Waals surface area (Å²) in [4.78, 5) is 72.6. The van der Waals surface area contributed by atoms with Gasteiger partial charge in [-0.1, -0.05) is 318 Å². The number of aliphatic hydroxyl groups excluding tert-OH is 1. The quantitative estimate of drug-likeness (QED) is 0.0222. The molecule has 0 aromatic carbocycles. The second-order valence-corrected chi connectivity index (χ2v) is 29.8. The Kier molecular flexibility index (Phi) is 62.7. The molecule has 0 bridgehead atoms. The highest BCUT2D eigenvalue weighted by molar-refractivity contribution is 7.47. The van der Waals surface area contributed by atoms with Gasteiger partial charge < -0.3 is 33.8 Å². The summed E-state index contributed by atoms with van der Waals surface area (Å²) in [6.45, 7) is 9.53. The number of unbranched alkanes of at least 4 members (excludes halogenated alkanes) is 41. The number of hydrogen-bond donors (Lipinski definition) is 3. The number of carbonyl (C=O) groups excluding carboxylic acids is 4. The van der Waals surface area contributed by atoms with Gasteiger partial charge in [0.25, 0.3) is 0 Å². The predicted octanol–water partition coefficient (Wildman–Crippen LogP) is 20.8. The Labute approximate surface area is 556 Å². The average Bonchev–Trinajstić information content (AvgIpc) is 3.15. The smallest absolute Gasteiger partial charge is 0.462 e. The van der Waals surface area contributed by atoms with Crippen LogP contribution in [-0.2, 0) is 65.4 Å². The Bertz CT molecular complexity index is 1770. The SMILES string of the molecule is CCCCCCCCCCCCCCCCC(=O)OC[C@H](COP(=O)(O)OC[C@@H](O)COP(=O)(O)OC[C@@H](COC(=O)CCCCCCCCCC(C)C)OC(=O)CCCCCCCCCCCCC)OC(=O)CCCCCCCCCCCCCCCC(C)C. The third-order valence-corrected chi connectivity index (χ3v) is 18.6. The summed E-state index contributed by atoms with van der Waals surface area (Å²) < 4.78 is 68.4.